The molecule has 0 saturated heterocycles. The van der Waals surface area contributed by atoms with Crippen LogP contribution in [-0.4, -0.2) is 36.2 Å². The summed E-state index contributed by atoms with van der Waals surface area (Å²) in [5, 5.41) is 6.49. The zero-order valence-electron chi connectivity index (χ0n) is 18.7. The first kappa shape index (κ1) is 22.6. The third kappa shape index (κ3) is 4.90. The Hall–Kier alpha value is -4.60. The molecule has 2 heterocycles. The standard InChI is InChI=1S/C24H21N3O7/c1-14-6-8-15(9-7-14)23-26-21(27-34-23)13-33-24(29)16-11-19(30-2)20(31-3)12-17(16)25-22(28)18-5-4-10-32-18/h4-12H,13H2,1-3H3,(H,25,28). The van der Waals surface area contributed by atoms with Crippen molar-refractivity contribution >= 4 is 17.6 Å². The second-order valence-corrected chi connectivity index (χ2v) is 7.14. The van der Waals surface area contributed by atoms with Gasteiger partial charge in [0.05, 0.1) is 31.7 Å². The van der Waals surface area contributed by atoms with Gasteiger partial charge < -0.3 is 28.5 Å². The molecule has 4 aromatic rings. The molecule has 10 heteroatoms. The number of carbonyl (C=O) groups is 2. The molecule has 10 nitrogen and oxygen atoms in total. The minimum Gasteiger partial charge on any atom is -0.493 e. The van der Waals surface area contributed by atoms with E-state index in [1.807, 2.05) is 31.2 Å². The maximum Gasteiger partial charge on any atom is 0.340 e. The third-order valence-electron chi connectivity index (χ3n) is 4.84. The number of nitrogens with zero attached hydrogens (tertiary/aromatic N) is 2. The minimum absolute atomic E-state index is 0.0415. The first-order valence-corrected chi connectivity index (χ1v) is 10.2. The number of hydrogen-bond donors (Lipinski definition) is 1. The molecule has 34 heavy (non-hydrogen) atoms. The fourth-order valence-electron chi connectivity index (χ4n) is 3.08. The Balaban J connectivity index is 1.53. The van der Waals surface area contributed by atoms with Crippen LogP contribution in [0.3, 0.4) is 0 Å². The van der Waals surface area contributed by atoms with Gasteiger partial charge in [-0.1, -0.05) is 22.9 Å². The van der Waals surface area contributed by atoms with Gasteiger partial charge in [-0.15, -0.1) is 0 Å². The van der Waals surface area contributed by atoms with Crippen LogP contribution < -0.4 is 14.8 Å². The lowest BCUT2D eigenvalue weighted by molar-refractivity contribution is 0.0460. The smallest absolute Gasteiger partial charge is 0.340 e. The van der Waals surface area contributed by atoms with Crippen LogP contribution in [0.4, 0.5) is 5.69 Å². The summed E-state index contributed by atoms with van der Waals surface area (Å²) in [5.41, 5.74) is 2.04. The Labute approximate surface area is 194 Å². The summed E-state index contributed by atoms with van der Waals surface area (Å²) in [5.74, 6) is -0.121. The van der Waals surface area contributed by atoms with E-state index in [2.05, 4.69) is 15.5 Å². The van der Waals surface area contributed by atoms with Crippen LogP contribution in [0.1, 0.15) is 32.3 Å². The van der Waals surface area contributed by atoms with E-state index in [9.17, 15) is 9.59 Å². The lowest BCUT2D eigenvalue weighted by atomic mass is 10.1. The first-order chi connectivity index (χ1) is 16.5. The summed E-state index contributed by atoms with van der Waals surface area (Å²) in [6, 6.07) is 13.5. The number of aryl methyl sites for hydroxylation is 1. The Kier molecular flexibility index (Phi) is 6.58. The Bertz CT molecular complexity index is 1290. The monoisotopic (exact) mass is 463 g/mol. The predicted octanol–water partition coefficient (Wildman–Crippen LogP) is 4.26. The molecule has 0 aliphatic rings. The molecule has 2 aromatic heterocycles. The van der Waals surface area contributed by atoms with Gasteiger partial charge in [0, 0.05) is 17.7 Å². The van der Waals surface area contributed by atoms with E-state index in [1.54, 1.807) is 6.07 Å². The van der Waals surface area contributed by atoms with E-state index in [-0.39, 0.29) is 35.2 Å². The number of amides is 1. The van der Waals surface area contributed by atoms with Crippen molar-refractivity contribution in [3.05, 3.63) is 77.5 Å². The molecule has 0 atom stereocenters. The van der Waals surface area contributed by atoms with Crippen molar-refractivity contribution in [2.45, 2.75) is 13.5 Å². The molecule has 2 aromatic carbocycles. The number of aromatic nitrogens is 2. The van der Waals surface area contributed by atoms with Crippen LogP contribution in [0.2, 0.25) is 0 Å². The predicted molar refractivity (Wildman–Crippen MR) is 120 cm³/mol. The highest BCUT2D eigenvalue weighted by Crippen LogP contribution is 2.34. The van der Waals surface area contributed by atoms with Gasteiger partial charge >= 0.3 is 5.97 Å². The van der Waals surface area contributed by atoms with Crippen molar-refractivity contribution in [3.8, 4) is 23.0 Å². The van der Waals surface area contributed by atoms with Crippen molar-refractivity contribution in [1.82, 2.24) is 10.1 Å². The average molecular weight is 463 g/mol. The number of ether oxygens (including phenoxy) is 3. The molecule has 174 valence electrons. The van der Waals surface area contributed by atoms with Crippen LogP contribution >= 0.6 is 0 Å². The van der Waals surface area contributed by atoms with Crippen LogP contribution in [0.5, 0.6) is 11.5 Å². The fraction of sp³-hybridized carbons (Fsp3) is 0.167. The van der Waals surface area contributed by atoms with Gasteiger partial charge in [-0.3, -0.25) is 4.79 Å². The quantitative estimate of drug-likeness (QED) is 0.381. The van der Waals surface area contributed by atoms with Crippen LogP contribution in [0.25, 0.3) is 11.5 Å². The summed E-state index contributed by atoms with van der Waals surface area (Å²) in [6.07, 6.45) is 1.37. The first-order valence-electron chi connectivity index (χ1n) is 10.2. The second-order valence-electron chi connectivity index (χ2n) is 7.14. The summed E-state index contributed by atoms with van der Waals surface area (Å²) < 4.78 is 26.3. The number of benzene rings is 2. The molecule has 4 rings (SSSR count). The van der Waals surface area contributed by atoms with Gasteiger partial charge in [-0.25, -0.2) is 4.79 Å². The molecule has 1 N–H and O–H groups in total. The highest BCUT2D eigenvalue weighted by atomic mass is 16.5. The number of furan rings is 1. The van der Waals surface area contributed by atoms with E-state index in [1.165, 1.54) is 38.7 Å². The van der Waals surface area contributed by atoms with Crippen molar-refractivity contribution < 1.29 is 32.7 Å². The molecule has 0 aliphatic heterocycles. The van der Waals surface area contributed by atoms with E-state index >= 15 is 0 Å². The summed E-state index contributed by atoms with van der Waals surface area (Å²) in [4.78, 5) is 29.6. The van der Waals surface area contributed by atoms with Crippen LogP contribution in [-0.2, 0) is 11.3 Å². The van der Waals surface area contributed by atoms with Gasteiger partial charge in [0.1, 0.15) is 0 Å². The Morgan fingerprint density at radius 2 is 1.76 bits per heavy atom. The van der Waals surface area contributed by atoms with Crippen molar-refractivity contribution in [1.29, 1.82) is 0 Å². The fourth-order valence-corrected chi connectivity index (χ4v) is 3.08. The van der Waals surface area contributed by atoms with Gasteiger partial charge in [0.15, 0.2) is 23.9 Å². The molecule has 1 amide bonds. The maximum atomic E-state index is 12.9. The molecular formula is C24H21N3O7. The number of carbonyl (C=O) groups excluding carboxylic acids is 2. The highest BCUT2D eigenvalue weighted by molar-refractivity contribution is 6.07. The summed E-state index contributed by atoms with van der Waals surface area (Å²) in [6.45, 7) is 1.73. The van der Waals surface area contributed by atoms with E-state index in [0.717, 1.165) is 11.1 Å². The average Bonchev–Trinajstić information content (AvgIpc) is 3.55. The molecule has 0 saturated carbocycles. The Morgan fingerprint density at radius 1 is 1.03 bits per heavy atom. The van der Waals surface area contributed by atoms with E-state index in [0.29, 0.717) is 11.6 Å². The van der Waals surface area contributed by atoms with E-state index < -0.39 is 11.9 Å². The van der Waals surface area contributed by atoms with Gasteiger partial charge in [-0.2, -0.15) is 4.98 Å². The number of nitrogens with one attached hydrogen (secondary N) is 1. The summed E-state index contributed by atoms with van der Waals surface area (Å²) >= 11 is 0. The van der Waals surface area contributed by atoms with Gasteiger partial charge in [0.2, 0.25) is 5.82 Å². The lowest BCUT2D eigenvalue weighted by Gasteiger charge is -2.14. The lowest BCUT2D eigenvalue weighted by Crippen LogP contribution is -2.16. The third-order valence-corrected chi connectivity index (χ3v) is 4.84. The maximum absolute atomic E-state index is 12.9. The second kappa shape index (κ2) is 9.90. The zero-order valence-corrected chi connectivity index (χ0v) is 18.7. The molecule has 0 unspecified atom stereocenters. The van der Waals surface area contributed by atoms with Crippen LogP contribution in [0, 0.1) is 6.92 Å². The SMILES string of the molecule is COc1cc(NC(=O)c2ccco2)c(C(=O)OCc2noc(-c3ccc(C)cc3)n2)cc1OC. The highest BCUT2D eigenvalue weighted by Gasteiger charge is 2.22. The minimum atomic E-state index is -0.739. The molecule has 0 fully saturated rings. The largest absolute Gasteiger partial charge is 0.493 e. The van der Waals surface area contributed by atoms with Crippen LogP contribution in [0.15, 0.2) is 63.7 Å². The van der Waals surface area contributed by atoms with Crippen molar-refractivity contribution in [2.75, 3.05) is 19.5 Å². The number of rotatable bonds is 8. The molecule has 0 spiro atoms. The zero-order chi connectivity index (χ0) is 24.1. The van der Waals surface area contributed by atoms with E-state index in [4.69, 9.17) is 23.2 Å². The van der Waals surface area contributed by atoms with Gasteiger partial charge in [0.25, 0.3) is 11.8 Å². The molecular weight excluding hydrogens is 442 g/mol. The number of methoxy groups -OCH3 is 2. The number of hydrogen-bond acceptors (Lipinski definition) is 9. The van der Waals surface area contributed by atoms with Crippen molar-refractivity contribution in [3.63, 3.8) is 0 Å². The number of anilines is 1. The van der Waals surface area contributed by atoms with Crippen molar-refractivity contribution in [2.24, 2.45) is 0 Å². The van der Waals surface area contributed by atoms with Gasteiger partial charge in [-0.05, 0) is 31.2 Å². The Morgan fingerprint density at radius 3 is 2.44 bits per heavy atom. The topological polar surface area (TPSA) is 126 Å². The summed E-state index contributed by atoms with van der Waals surface area (Å²) in [7, 11) is 2.87. The molecule has 0 aliphatic carbocycles. The normalized spacial score (nSPS) is 10.6. The molecule has 0 radical (unpaired) electrons. The number of esters is 1. The molecule has 0 bridgehead atoms.